The van der Waals surface area contributed by atoms with E-state index in [1.165, 1.54) is 57.8 Å². The minimum atomic E-state index is 0.720. The van der Waals surface area contributed by atoms with E-state index in [4.69, 9.17) is 0 Å². The Labute approximate surface area is 112 Å². The molecule has 2 saturated carbocycles. The summed E-state index contributed by atoms with van der Waals surface area (Å²) < 4.78 is 12.0. The quantitative estimate of drug-likeness (QED) is 0.586. The molecule has 0 aromatic heterocycles. The number of allylic oxidation sites excluding steroid dienone is 1. The van der Waals surface area contributed by atoms with Crippen molar-refractivity contribution in [2.45, 2.75) is 71.1 Å². The van der Waals surface area contributed by atoms with Crippen LogP contribution >= 0.6 is 0 Å². The Morgan fingerprint density at radius 2 is 1.33 bits per heavy atom. The molecule has 0 nitrogen and oxygen atoms in total. The van der Waals surface area contributed by atoms with E-state index in [1.54, 1.807) is 6.08 Å². The Balaban J connectivity index is 1.70. The predicted octanol–water partition coefficient (Wildman–Crippen LogP) is 5.88. The lowest BCUT2D eigenvalue weighted by Crippen LogP contribution is -2.25. The van der Waals surface area contributed by atoms with E-state index in [9.17, 15) is 4.39 Å². The van der Waals surface area contributed by atoms with E-state index in [0.29, 0.717) is 0 Å². The summed E-state index contributed by atoms with van der Waals surface area (Å²) in [5.41, 5.74) is 0. The Morgan fingerprint density at radius 3 is 1.78 bits per heavy atom. The molecule has 104 valence electrons. The van der Waals surface area contributed by atoms with Gasteiger partial charge in [-0.25, -0.2) is 4.39 Å². The van der Waals surface area contributed by atoms with Crippen LogP contribution in [0.3, 0.4) is 0 Å². The summed E-state index contributed by atoms with van der Waals surface area (Å²) in [6, 6.07) is 0. The first-order valence-electron chi connectivity index (χ1n) is 8.08. The molecule has 0 N–H and O–H groups in total. The van der Waals surface area contributed by atoms with Crippen molar-refractivity contribution < 1.29 is 4.39 Å². The van der Waals surface area contributed by atoms with Gasteiger partial charge in [-0.05, 0) is 68.6 Å². The van der Waals surface area contributed by atoms with Gasteiger partial charge in [-0.1, -0.05) is 32.3 Å². The minimum absolute atomic E-state index is 0.720. The summed E-state index contributed by atoms with van der Waals surface area (Å²) >= 11 is 0. The van der Waals surface area contributed by atoms with Crippen LogP contribution in [0.4, 0.5) is 4.39 Å². The van der Waals surface area contributed by atoms with Crippen LogP contribution in [-0.2, 0) is 0 Å². The van der Waals surface area contributed by atoms with Gasteiger partial charge in [0.1, 0.15) is 0 Å². The van der Waals surface area contributed by atoms with Crippen molar-refractivity contribution in [3.05, 3.63) is 12.4 Å². The Morgan fingerprint density at radius 1 is 0.833 bits per heavy atom. The molecule has 2 aliphatic rings. The molecule has 0 atom stereocenters. The first kappa shape index (κ1) is 14.1. The van der Waals surface area contributed by atoms with Crippen molar-refractivity contribution in [1.82, 2.24) is 0 Å². The van der Waals surface area contributed by atoms with E-state index in [-0.39, 0.29) is 0 Å². The van der Waals surface area contributed by atoms with Gasteiger partial charge >= 0.3 is 0 Å². The molecular weight excluding hydrogens is 223 g/mol. The van der Waals surface area contributed by atoms with Crippen LogP contribution in [0, 0.1) is 23.7 Å². The molecule has 0 radical (unpaired) electrons. The average Bonchev–Trinajstić information content (AvgIpc) is 2.46. The third kappa shape index (κ3) is 3.83. The van der Waals surface area contributed by atoms with E-state index < -0.39 is 0 Å². The second kappa shape index (κ2) is 7.31. The van der Waals surface area contributed by atoms with Gasteiger partial charge in [0.05, 0.1) is 6.33 Å². The first-order chi connectivity index (χ1) is 8.83. The summed E-state index contributed by atoms with van der Waals surface area (Å²) in [4.78, 5) is 0. The Kier molecular flexibility index (Phi) is 5.72. The summed E-state index contributed by atoms with van der Waals surface area (Å²) in [6.45, 7) is 2.34. The zero-order valence-corrected chi connectivity index (χ0v) is 11.9. The summed E-state index contributed by atoms with van der Waals surface area (Å²) in [7, 11) is 0. The van der Waals surface area contributed by atoms with Crippen LogP contribution in [0.5, 0.6) is 0 Å². The van der Waals surface area contributed by atoms with Crippen molar-refractivity contribution in [3.8, 4) is 0 Å². The molecule has 18 heavy (non-hydrogen) atoms. The minimum Gasteiger partial charge on any atom is -0.216 e. The Bertz CT molecular complexity index is 242. The number of halogens is 1. The maximum Gasteiger partial charge on any atom is 0.0827 e. The van der Waals surface area contributed by atoms with E-state index in [2.05, 4.69) is 6.92 Å². The maximum atomic E-state index is 12.0. The molecule has 2 aliphatic carbocycles. The van der Waals surface area contributed by atoms with Crippen molar-refractivity contribution in [1.29, 1.82) is 0 Å². The molecule has 0 aliphatic heterocycles. The Hall–Kier alpha value is -0.330. The highest BCUT2D eigenvalue weighted by Gasteiger charge is 2.29. The van der Waals surface area contributed by atoms with Crippen LogP contribution < -0.4 is 0 Å². The van der Waals surface area contributed by atoms with Gasteiger partial charge in [0, 0.05) is 0 Å². The third-order valence-electron chi connectivity index (χ3n) is 5.59. The lowest BCUT2D eigenvalue weighted by molar-refractivity contribution is 0.145. The predicted molar refractivity (Wildman–Crippen MR) is 76.1 cm³/mol. The molecule has 0 heterocycles. The van der Waals surface area contributed by atoms with Crippen LogP contribution in [0.25, 0.3) is 0 Å². The molecule has 0 aromatic rings. The van der Waals surface area contributed by atoms with E-state index in [0.717, 1.165) is 36.4 Å². The fraction of sp³-hybridized carbons (Fsp3) is 0.882. The molecule has 0 amide bonds. The van der Waals surface area contributed by atoms with Crippen molar-refractivity contribution in [2.24, 2.45) is 23.7 Å². The van der Waals surface area contributed by atoms with Gasteiger partial charge in [0.15, 0.2) is 0 Å². The normalized spacial score (nSPS) is 38.1. The highest BCUT2D eigenvalue weighted by molar-refractivity contribution is 4.84. The highest BCUT2D eigenvalue weighted by atomic mass is 19.1. The smallest absolute Gasteiger partial charge is 0.0827 e. The van der Waals surface area contributed by atoms with Crippen LogP contribution in [0.15, 0.2) is 12.4 Å². The van der Waals surface area contributed by atoms with E-state index >= 15 is 0 Å². The van der Waals surface area contributed by atoms with Gasteiger partial charge < -0.3 is 0 Å². The summed E-state index contributed by atoms with van der Waals surface area (Å²) in [6.07, 6.45) is 16.2. The fourth-order valence-corrected chi connectivity index (χ4v) is 4.21. The van der Waals surface area contributed by atoms with Gasteiger partial charge in [0.2, 0.25) is 0 Å². The molecule has 0 aromatic carbocycles. The molecule has 0 bridgehead atoms. The van der Waals surface area contributed by atoms with Gasteiger partial charge in [-0.15, -0.1) is 0 Å². The molecule has 0 spiro atoms. The van der Waals surface area contributed by atoms with Crippen LogP contribution in [0.1, 0.15) is 71.1 Å². The number of hydrogen-bond donors (Lipinski definition) is 0. The molecule has 0 unspecified atom stereocenters. The monoisotopic (exact) mass is 252 g/mol. The van der Waals surface area contributed by atoms with Crippen molar-refractivity contribution in [3.63, 3.8) is 0 Å². The van der Waals surface area contributed by atoms with Gasteiger partial charge in [0.25, 0.3) is 0 Å². The maximum absolute atomic E-state index is 12.0. The van der Waals surface area contributed by atoms with Gasteiger partial charge in [-0.2, -0.15) is 0 Å². The summed E-state index contributed by atoms with van der Waals surface area (Å²) in [5, 5.41) is 0. The fourth-order valence-electron chi connectivity index (χ4n) is 4.21. The average molecular weight is 252 g/mol. The SMILES string of the molecule is CC[C@H]1CC[C@H]([C@H]2CC[C@H](CC=CF)CC2)CC1. The van der Waals surface area contributed by atoms with Crippen LogP contribution in [-0.4, -0.2) is 0 Å². The lowest BCUT2D eigenvalue weighted by Gasteiger charge is -2.37. The number of hydrogen-bond acceptors (Lipinski definition) is 0. The van der Waals surface area contributed by atoms with Gasteiger partial charge in [-0.3, -0.25) is 0 Å². The number of rotatable bonds is 4. The standard InChI is InChI=1S/C17H29F/c1-2-14-5-9-16(10-6-14)17-11-7-15(8-12-17)4-3-13-18/h3,13-17H,2,4-12H2,1H3/t14-,15-,16-,17-. The zero-order chi connectivity index (χ0) is 12.8. The largest absolute Gasteiger partial charge is 0.216 e. The third-order valence-corrected chi connectivity index (χ3v) is 5.59. The summed E-state index contributed by atoms with van der Waals surface area (Å²) in [5.74, 6) is 3.80. The second-order valence-corrected chi connectivity index (χ2v) is 6.57. The molecule has 0 saturated heterocycles. The molecular formula is C17H29F. The second-order valence-electron chi connectivity index (χ2n) is 6.57. The highest BCUT2D eigenvalue weighted by Crippen LogP contribution is 2.42. The molecule has 1 heteroatoms. The first-order valence-corrected chi connectivity index (χ1v) is 8.08. The van der Waals surface area contributed by atoms with Crippen LogP contribution in [0.2, 0.25) is 0 Å². The zero-order valence-electron chi connectivity index (χ0n) is 11.9. The molecule has 2 rings (SSSR count). The van der Waals surface area contributed by atoms with Crippen molar-refractivity contribution in [2.75, 3.05) is 0 Å². The topological polar surface area (TPSA) is 0 Å². The van der Waals surface area contributed by atoms with Crippen molar-refractivity contribution >= 4 is 0 Å². The lowest BCUT2D eigenvalue weighted by atomic mass is 9.68. The molecule has 2 fully saturated rings. The van der Waals surface area contributed by atoms with E-state index in [1.807, 2.05) is 0 Å².